The number of carbonyl (C=O) groups is 1. The maximum atomic E-state index is 12.1. The van der Waals surface area contributed by atoms with E-state index in [1.165, 1.54) is 0 Å². The van der Waals surface area contributed by atoms with Crippen LogP contribution in [0, 0.1) is 12.8 Å². The van der Waals surface area contributed by atoms with E-state index in [2.05, 4.69) is 22.2 Å². The minimum atomic E-state index is 0.223. The summed E-state index contributed by atoms with van der Waals surface area (Å²) >= 11 is 0. The van der Waals surface area contributed by atoms with Crippen molar-refractivity contribution in [2.45, 2.75) is 39.7 Å². The van der Waals surface area contributed by atoms with Gasteiger partial charge in [-0.3, -0.25) is 4.79 Å². The van der Waals surface area contributed by atoms with Crippen LogP contribution in [0.4, 0.5) is 5.82 Å². The van der Waals surface area contributed by atoms with E-state index in [-0.39, 0.29) is 5.91 Å². The van der Waals surface area contributed by atoms with Crippen molar-refractivity contribution in [3.05, 3.63) is 17.6 Å². The summed E-state index contributed by atoms with van der Waals surface area (Å²) in [6.45, 7) is 5.48. The van der Waals surface area contributed by atoms with Crippen molar-refractivity contribution in [2.24, 2.45) is 5.92 Å². The van der Waals surface area contributed by atoms with Gasteiger partial charge in [0.2, 0.25) is 5.91 Å². The molecule has 5 heteroatoms. The molecule has 1 N–H and O–H groups in total. The average Bonchev–Trinajstić information content (AvgIpc) is 2.53. The van der Waals surface area contributed by atoms with Crippen LogP contribution in [0.1, 0.15) is 37.7 Å². The summed E-state index contributed by atoms with van der Waals surface area (Å²) in [5.74, 6) is 2.37. The number of nitrogens with zero attached hydrogens (tertiary/aromatic N) is 3. The molecule has 0 aliphatic carbocycles. The largest absolute Gasteiger partial charge is 0.373 e. The van der Waals surface area contributed by atoms with Gasteiger partial charge in [-0.25, -0.2) is 9.97 Å². The van der Waals surface area contributed by atoms with Crippen LogP contribution < -0.4 is 5.32 Å². The molecule has 1 unspecified atom stereocenters. The van der Waals surface area contributed by atoms with Crippen molar-refractivity contribution in [2.75, 3.05) is 18.9 Å². The number of hydrogen-bond donors (Lipinski definition) is 1. The predicted molar refractivity (Wildman–Crippen MR) is 74.7 cm³/mol. The van der Waals surface area contributed by atoms with Gasteiger partial charge < -0.3 is 10.2 Å². The van der Waals surface area contributed by atoms with Gasteiger partial charge in [0, 0.05) is 31.8 Å². The molecule has 0 spiro atoms. The normalized spacial score (nSPS) is 20.3. The molecule has 0 radical (unpaired) electrons. The van der Waals surface area contributed by atoms with E-state index in [4.69, 9.17) is 0 Å². The molecule has 1 fully saturated rings. The third kappa shape index (κ3) is 3.66. The van der Waals surface area contributed by atoms with E-state index >= 15 is 0 Å². The van der Waals surface area contributed by atoms with Gasteiger partial charge in [-0.15, -0.1) is 0 Å². The highest BCUT2D eigenvalue weighted by Crippen LogP contribution is 2.19. The summed E-state index contributed by atoms with van der Waals surface area (Å²) in [5, 5.41) is 3.02. The van der Waals surface area contributed by atoms with E-state index in [1.807, 2.05) is 24.9 Å². The summed E-state index contributed by atoms with van der Waals surface area (Å²) in [7, 11) is 1.84. The number of rotatable bonds is 3. The molecule has 1 saturated heterocycles. The maximum absolute atomic E-state index is 12.1. The highest BCUT2D eigenvalue weighted by molar-refractivity contribution is 5.76. The summed E-state index contributed by atoms with van der Waals surface area (Å²) in [4.78, 5) is 22.8. The Kier molecular flexibility index (Phi) is 4.35. The average molecular weight is 262 g/mol. The molecule has 2 heterocycles. The molecule has 1 aromatic heterocycles. The molecule has 5 nitrogen and oxygen atoms in total. The molecule has 1 aliphatic rings. The molecule has 0 bridgehead atoms. The molecule has 1 aliphatic heterocycles. The molecular formula is C14H22N4O. The van der Waals surface area contributed by atoms with Gasteiger partial charge >= 0.3 is 0 Å². The van der Waals surface area contributed by atoms with Crippen LogP contribution in [-0.2, 0) is 11.3 Å². The van der Waals surface area contributed by atoms with E-state index in [9.17, 15) is 4.79 Å². The third-order valence-corrected chi connectivity index (χ3v) is 3.58. The first-order valence-electron chi connectivity index (χ1n) is 6.88. The summed E-state index contributed by atoms with van der Waals surface area (Å²) in [5.41, 5.74) is 0.921. The summed E-state index contributed by atoms with van der Waals surface area (Å²) < 4.78 is 0. The Morgan fingerprint density at radius 1 is 1.42 bits per heavy atom. The minimum absolute atomic E-state index is 0.223. The number of anilines is 1. The van der Waals surface area contributed by atoms with Crippen molar-refractivity contribution in [1.82, 2.24) is 14.9 Å². The zero-order valence-corrected chi connectivity index (χ0v) is 11.9. The Bertz CT molecular complexity index is 461. The molecule has 2 rings (SSSR count). The van der Waals surface area contributed by atoms with Gasteiger partial charge in [-0.2, -0.15) is 0 Å². The topological polar surface area (TPSA) is 58.1 Å². The second-order valence-electron chi connectivity index (χ2n) is 5.31. The minimum Gasteiger partial charge on any atom is -0.373 e. The number of aromatic nitrogens is 2. The first-order valence-corrected chi connectivity index (χ1v) is 6.88. The predicted octanol–water partition coefficient (Wildman–Crippen LogP) is 1.98. The van der Waals surface area contributed by atoms with Gasteiger partial charge in [-0.05, 0) is 25.7 Å². The Balaban J connectivity index is 2.11. The molecule has 104 valence electrons. The Hall–Kier alpha value is -1.65. The Morgan fingerprint density at radius 3 is 2.95 bits per heavy atom. The van der Waals surface area contributed by atoms with Gasteiger partial charge in [0.25, 0.3) is 0 Å². The quantitative estimate of drug-likeness (QED) is 0.905. The lowest BCUT2D eigenvalue weighted by atomic mass is 10.0. The zero-order chi connectivity index (χ0) is 13.8. The number of hydrogen-bond acceptors (Lipinski definition) is 4. The zero-order valence-electron chi connectivity index (χ0n) is 11.9. The second kappa shape index (κ2) is 5.99. The van der Waals surface area contributed by atoms with Gasteiger partial charge in [0.1, 0.15) is 11.6 Å². The number of amides is 1. The fraction of sp³-hybridized carbons (Fsp3) is 0.643. The monoisotopic (exact) mass is 262 g/mol. The van der Waals surface area contributed by atoms with E-state index in [1.54, 1.807) is 0 Å². The van der Waals surface area contributed by atoms with Crippen molar-refractivity contribution in [1.29, 1.82) is 0 Å². The van der Waals surface area contributed by atoms with E-state index in [0.717, 1.165) is 30.9 Å². The lowest BCUT2D eigenvalue weighted by Gasteiger charge is -2.20. The highest BCUT2D eigenvalue weighted by Gasteiger charge is 2.21. The molecule has 0 saturated carbocycles. The SMILES string of the molecule is CNc1cc(C)nc(CN2CCC(C)CCC2=O)n1. The molecule has 19 heavy (non-hydrogen) atoms. The van der Waals surface area contributed by atoms with E-state index in [0.29, 0.717) is 24.7 Å². The Morgan fingerprint density at radius 2 is 2.21 bits per heavy atom. The fourth-order valence-corrected chi connectivity index (χ4v) is 2.34. The fourth-order valence-electron chi connectivity index (χ4n) is 2.34. The molecule has 1 aromatic rings. The van der Waals surface area contributed by atoms with Crippen LogP contribution in [0.25, 0.3) is 0 Å². The molecule has 1 atom stereocenters. The number of carbonyl (C=O) groups excluding carboxylic acids is 1. The van der Waals surface area contributed by atoms with Crippen molar-refractivity contribution in [3.63, 3.8) is 0 Å². The number of likely N-dealkylation sites (tertiary alicyclic amines) is 1. The smallest absolute Gasteiger partial charge is 0.222 e. The van der Waals surface area contributed by atoms with Crippen LogP contribution in [-0.4, -0.2) is 34.4 Å². The van der Waals surface area contributed by atoms with Gasteiger partial charge in [0.15, 0.2) is 0 Å². The van der Waals surface area contributed by atoms with E-state index < -0.39 is 0 Å². The third-order valence-electron chi connectivity index (χ3n) is 3.58. The number of nitrogens with one attached hydrogen (secondary N) is 1. The van der Waals surface area contributed by atoms with Crippen molar-refractivity contribution < 1.29 is 4.79 Å². The summed E-state index contributed by atoms with van der Waals surface area (Å²) in [6.07, 6.45) is 2.70. The lowest BCUT2D eigenvalue weighted by molar-refractivity contribution is -0.131. The van der Waals surface area contributed by atoms with Crippen molar-refractivity contribution >= 4 is 11.7 Å². The van der Waals surface area contributed by atoms with Crippen LogP contribution in [0.2, 0.25) is 0 Å². The van der Waals surface area contributed by atoms with Crippen LogP contribution in [0.15, 0.2) is 6.07 Å². The second-order valence-corrected chi connectivity index (χ2v) is 5.31. The van der Waals surface area contributed by atoms with Gasteiger partial charge in [-0.1, -0.05) is 6.92 Å². The van der Waals surface area contributed by atoms with Gasteiger partial charge in [0.05, 0.1) is 6.54 Å². The first-order chi connectivity index (χ1) is 9.08. The first kappa shape index (κ1) is 13.8. The van der Waals surface area contributed by atoms with Crippen LogP contribution in [0.5, 0.6) is 0 Å². The van der Waals surface area contributed by atoms with Crippen LogP contribution in [0.3, 0.4) is 0 Å². The summed E-state index contributed by atoms with van der Waals surface area (Å²) in [6, 6.07) is 1.90. The van der Waals surface area contributed by atoms with Crippen molar-refractivity contribution in [3.8, 4) is 0 Å². The molecular weight excluding hydrogens is 240 g/mol. The standard InChI is InChI=1S/C14H22N4O/c1-10-4-5-14(19)18(7-6-10)9-13-16-11(2)8-12(15-3)17-13/h8,10H,4-7,9H2,1-3H3,(H,15,16,17). The molecule has 0 aromatic carbocycles. The molecule has 1 amide bonds. The Labute approximate surface area is 114 Å². The number of aryl methyl sites for hydroxylation is 1. The lowest BCUT2D eigenvalue weighted by Crippen LogP contribution is -2.30. The highest BCUT2D eigenvalue weighted by atomic mass is 16.2. The van der Waals surface area contributed by atoms with Crippen LogP contribution >= 0.6 is 0 Å². The maximum Gasteiger partial charge on any atom is 0.222 e.